The van der Waals surface area contributed by atoms with Gasteiger partial charge in [0.2, 0.25) is 0 Å². The molecule has 0 atom stereocenters. The van der Waals surface area contributed by atoms with Gasteiger partial charge in [0.25, 0.3) is 0 Å². The molecule has 0 bridgehead atoms. The quantitative estimate of drug-likeness (QED) is 0.225. The van der Waals surface area contributed by atoms with E-state index in [1.807, 2.05) is 24.4 Å². The highest BCUT2D eigenvalue weighted by atomic mass is 16.3. The van der Waals surface area contributed by atoms with Gasteiger partial charge in [0.05, 0.1) is 16.6 Å². The molecule has 9 rings (SSSR count). The molecule has 0 aliphatic heterocycles. The Hall–Kier alpha value is -4.89. The minimum atomic E-state index is -0.189. The van der Waals surface area contributed by atoms with Crippen LogP contribution < -0.4 is 0 Å². The van der Waals surface area contributed by atoms with E-state index in [4.69, 9.17) is 4.42 Å². The fourth-order valence-corrected chi connectivity index (χ4v) is 7.03. The molecule has 184 valence electrons. The lowest BCUT2D eigenvalue weighted by Gasteiger charge is -2.24. The van der Waals surface area contributed by atoms with Gasteiger partial charge >= 0.3 is 0 Å². The van der Waals surface area contributed by atoms with E-state index in [-0.39, 0.29) is 5.41 Å². The molecule has 0 saturated carbocycles. The van der Waals surface area contributed by atoms with Gasteiger partial charge in [-0.2, -0.15) is 0 Å². The summed E-state index contributed by atoms with van der Waals surface area (Å²) < 4.78 is 8.77. The molecule has 3 heteroatoms. The summed E-state index contributed by atoms with van der Waals surface area (Å²) in [5.74, 6) is 0. The molecule has 0 amide bonds. The van der Waals surface area contributed by atoms with Gasteiger partial charge in [-0.1, -0.05) is 68.4 Å². The lowest BCUT2D eigenvalue weighted by atomic mass is 9.81. The lowest BCUT2D eigenvalue weighted by molar-refractivity contribution is 0.664. The molecule has 1 aliphatic rings. The molecule has 0 fully saturated rings. The Bertz CT molecular complexity index is 2320. The minimum absolute atomic E-state index is 0.189. The zero-order valence-electron chi connectivity index (χ0n) is 21.7. The third-order valence-electron chi connectivity index (χ3n) is 8.79. The Balaban J connectivity index is 1.41. The number of rotatable bonds is 1. The van der Waals surface area contributed by atoms with Crippen molar-refractivity contribution in [3.05, 3.63) is 120 Å². The normalized spacial score (nSPS) is 14.1. The van der Waals surface area contributed by atoms with Crippen molar-refractivity contribution in [2.75, 3.05) is 0 Å². The molecule has 0 N–H and O–H groups in total. The second kappa shape index (κ2) is 7.15. The number of aromatic nitrogens is 2. The molecular weight excluding hydrogens is 476 g/mol. The van der Waals surface area contributed by atoms with Crippen LogP contribution >= 0.6 is 0 Å². The summed E-state index contributed by atoms with van der Waals surface area (Å²) in [5.41, 5.74) is 11.6. The monoisotopic (exact) mass is 500 g/mol. The van der Waals surface area contributed by atoms with E-state index in [1.54, 1.807) is 0 Å². The van der Waals surface area contributed by atoms with Crippen molar-refractivity contribution in [1.82, 2.24) is 9.55 Å². The first-order valence-corrected chi connectivity index (χ1v) is 13.5. The second-order valence-corrected chi connectivity index (χ2v) is 11.2. The summed E-state index contributed by atoms with van der Waals surface area (Å²) in [6.45, 7) is 4.71. The van der Waals surface area contributed by atoms with Gasteiger partial charge in [-0.05, 0) is 64.7 Å². The van der Waals surface area contributed by atoms with Gasteiger partial charge in [0.1, 0.15) is 11.2 Å². The van der Waals surface area contributed by atoms with Gasteiger partial charge in [0, 0.05) is 50.3 Å². The van der Waals surface area contributed by atoms with E-state index in [9.17, 15) is 0 Å². The van der Waals surface area contributed by atoms with Crippen LogP contribution in [0.1, 0.15) is 25.0 Å². The van der Waals surface area contributed by atoms with Crippen molar-refractivity contribution < 1.29 is 4.42 Å². The Morgan fingerprint density at radius 3 is 2.38 bits per heavy atom. The average molecular weight is 501 g/mol. The van der Waals surface area contributed by atoms with Crippen LogP contribution in [0.4, 0.5) is 0 Å². The Morgan fingerprint density at radius 1 is 0.667 bits per heavy atom. The third kappa shape index (κ3) is 2.64. The zero-order valence-corrected chi connectivity index (χ0v) is 21.7. The van der Waals surface area contributed by atoms with E-state index in [0.29, 0.717) is 0 Å². The van der Waals surface area contributed by atoms with Crippen molar-refractivity contribution in [1.29, 1.82) is 0 Å². The molecule has 0 unspecified atom stereocenters. The van der Waals surface area contributed by atoms with Crippen molar-refractivity contribution in [2.24, 2.45) is 0 Å². The van der Waals surface area contributed by atoms with Gasteiger partial charge < -0.3 is 8.98 Å². The molecule has 5 aromatic carbocycles. The Kier molecular flexibility index (Phi) is 3.86. The number of pyridine rings is 1. The van der Waals surface area contributed by atoms with E-state index < -0.39 is 0 Å². The van der Waals surface area contributed by atoms with Crippen LogP contribution in [0.15, 0.2) is 114 Å². The third-order valence-corrected chi connectivity index (χ3v) is 8.79. The van der Waals surface area contributed by atoms with Gasteiger partial charge in [-0.3, -0.25) is 4.98 Å². The van der Waals surface area contributed by atoms with Crippen molar-refractivity contribution >= 4 is 54.6 Å². The molecule has 3 nitrogen and oxygen atoms in total. The van der Waals surface area contributed by atoms with Crippen LogP contribution in [-0.4, -0.2) is 9.55 Å². The molecule has 3 aromatic heterocycles. The van der Waals surface area contributed by atoms with Crippen molar-refractivity contribution in [2.45, 2.75) is 19.3 Å². The van der Waals surface area contributed by atoms with Crippen LogP contribution in [0.5, 0.6) is 0 Å². The molecular formula is C36H24N2O. The van der Waals surface area contributed by atoms with Crippen LogP contribution in [-0.2, 0) is 5.41 Å². The maximum atomic E-state index is 6.32. The van der Waals surface area contributed by atoms with E-state index in [1.165, 1.54) is 49.4 Å². The largest absolute Gasteiger partial charge is 0.456 e. The number of hydrogen-bond acceptors (Lipinski definition) is 2. The average Bonchev–Trinajstić information content (AvgIpc) is 3.57. The standard InChI is InChI=1S/C36H24N2O/c1-36(2)29-20-30-21(8-7-17-37-30)18-28(29)26-15-16-27-23-9-3-5-11-31(23)38(35(27)34(26)36)22-13-14-25-24-10-4-6-12-32(24)39-33(25)19-22/h3-20H,1-2H3. The highest BCUT2D eigenvalue weighted by Gasteiger charge is 2.39. The highest BCUT2D eigenvalue weighted by molar-refractivity contribution is 6.14. The van der Waals surface area contributed by atoms with Gasteiger partial charge in [-0.15, -0.1) is 0 Å². The number of hydrogen-bond donors (Lipinski definition) is 0. The highest BCUT2D eigenvalue weighted by Crippen LogP contribution is 2.53. The fourth-order valence-electron chi connectivity index (χ4n) is 7.03. The number of benzene rings is 5. The summed E-state index contributed by atoms with van der Waals surface area (Å²) >= 11 is 0. The smallest absolute Gasteiger partial charge is 0.137 e. The van der Waals surface area contributed by atoms with Gasteiger partial charge in [0.15, 0.2) is 0 Å². The fraction of sp³-hybridized carbons (Fsp3) is 0.0833. The second-order valence-electron chi connectivity index (χ2n) is 11.2. The summed E-state index contributed by atoms with van der Waals surface area (Å²) in [7, 11) is 0. The first kappa shape index (κ1) is 21.1. The predicted molar refractivity (Wildman–Crippen MR) is 161 cm³/mol. The molecule has 8 aromatic rings. The first-order valence-electron chi connectivity index (χ1n) is 13.5. The van der Waals surface area contributed by atoms with Crippen LogP contribution in [0.2, 0.25) is 0 Å². The maximum Gasteiger partial charge on any atom is 0.137 e. The van der Waals surface area contributed by atoms with E-state index >= 15 is 0 Å². The summed E-state index contributed by atoms with van der Waals surface area (Å²) in [6, 6.07) is 37.1. The number of nitrogens with zero attached hydrogens (tertiary/aromatic N) is 2. The van der Waals surface area contributed by atoms with Gasteiger partial charge in [-0.25, -0.2) is 0 Å². The summed E-state index contributed by atoms with van der Waals surface area (Å²) in [6.07, 6.45) is 1.88. The van der Waals surface area contributed by atoms with Crippen LogP contribution in [0.25, 0.3) is 71.5 Å². The minimum Gasteiger partial charge on any atom is -0.456 e. The molecule has 0 radical (unpaired) electrons. The number of para-hydroxylation sites is 2. The Labute approximate surface area is 224 Å². The predicted octanol–water partition coefficient (Wildman–Crippen LogP) is 9.54. The molecule has 0 saturated heterocycles. The molecule has 1 aliphatic carbocycles. The van der Waals surface area contributed by atoms with Crippen molar-refractivity contribution in [3.8, 4) is 16.8 Å². The van der Waals surface area contributed by atoms with Crippen molar-refractivity contribution in [3.63, 3.8) is 0 Å². The topological polar surface area (TPSA) is 31.0 Å². The summed E-state index contributed by atoms with van der Waals surface area (Å²) in [5, 5.41) is 6.01. The van der Waals surface area contributed by atoms with Crippen LogP contribution in [0.3, 0.4) is 0 Å². The number of fused-ring (bicyclic) bond motifs is 11. The first-order chi connectivity index (χ1) is 19.1. The van der Waals surface area contributed by atoms with E-state index in [2.05, 4.69) is 108 Å². The summed E-state index contributed by atoms with van der Waals surface area (Å²) in [4.78, 5) is 4.68. The zero-order chi connectivity index (χ0) is 25.9. The molecule has 39 heavy (non-hydrogen) atoms. The maximum absolute atomic E-state index is 6.32. The molecule has 3 heterocycles. The molecule has 0 spiro atoms. The SMILES string of the molecule is CC1(C)c2cc3ncccc3cc2-c2ccc3c4ccccc4n(-c4ccc5c(c4)oc4ccccc45)c3c21. The van der Waals surface area contributed by atoms with E-state index in [0.717, 1.165) is 33.1 Å². The lowest BCUT2D eigenvalue weighted by Crippen LogP contribution is -2.16. The number of furan rings is 1. The Morgan fingerprint density at radius 2 is 1.46 bits per heavy atom. The van der Waals surface area contributed by atoms with Crippen LogP contribution in [0, 0.1) is 0 Å².